The third-order valence-electron chi connectivity index (χ3n) is 2.77. The minimum absolute atomic E-state index is 0.0667. The molecule has 1 aromatic heterocycles. The van der Waals surface area contributed by atoms with Gasteiger partial charge in [0.2, 0.25) is 0 Å². The van der Waals surface area contributed by atoms with E-state index in [1.165, 1.54) is 26.4 Å². The van der Waals surface area contributed by atoms with Crippen LogP contribution < -0.4 is 0 Å². The first-order chi connectivity index (χ1) is 7.99. The van der Waals surface area contributed by atoms with E-state index in [4.69, 9.17) is 11.6 Å². The summed E-state index contributed by atoms with van der Waals surface area (Å²) < 4.78 is 1.11. The lowest BCUT2D eigenvalue weighted by Crippen LogP contribution is -1.95. The molecule has 0 aliphatic heterocycles. The fourth-order valence-electron chi connectivity index (χ4n) is 1.85. The maximum Gasteiger partial charge on any atom is 0.0941 e. The van der Waals surface area contributed by atoms with Gasteiger partial charge < -0.3 is 0 Å². The van der Waals surface area contributed by atoms with Crippen LogP contribution in [0.5, 0.6) is 0 Å². The number of halogens is 2. The molecule has 1 aromatic carbocycles. The van der Waals surface area contributed by atoms with Gasteiger partial charge in [-0.2, -0.15) is 0 Å². The molecule has 0 radical (unpaired) electrons. The molecule has 1 heterocycles. The van der Waals surface area contributed by atoms with Crippen LogP contribution in [-0.2, 0) is 0 Å². The van der Waals surface area contributed by atoms with E-state index >= 15 is 0 Å². The maximum atomic E-state index is 6.61. The van der Waals surface area contributed by atoms with Crippen LogP contribution >= 0.6 is 38.9 Å². The number of hydrogen-bond donors (Lipinski definition) is 0. The highest BCUT2D eigenvalue weighted by atomic mass is 79.9. The van der Waals surface area contributed by atoms with Gasteiger partial charge in [-0.25, -0.2) is 0 Å². The van der Waals surface area contributed by atoms with Gasteiger partial charge >= 0.3 is 0 Å². The largest absolute Gasteiger partial charge is 0.143 e. The molecule has 1 atom stereocenters. The minimum atomic E-state index is -0.0667. The molecule has 2 aromatic rings. The van der Waals surface area contributed by atoms with Crippen LogP contribution in [-0.4, -0.2) is 0 Å². The van der Waals surface area contributed by atoms with E-state index in [-0.39, 0.29) is 5.38 Å². The molecular weight excluding hydrogens is 316 g/mol. The van der Waals surface area contributed by atoms with Gasteiger partial charge in [-0.3, -0.25) is 0 Å². The second kappa shape index (κ2) is 5.13. The predicted molar refractivity (Wildman–Crippen MR) is 80.4 cm³/mol. The summed E-state index contributed by atoms with van der Waals surface area (Å²) in [4.78, 5) is 2.47. The maximum absolute atomic E-state index is 6.61. The predicted octanol–water partition coefficient (Wildman–Crippen LogP) is 5.76. The summed E-state index contributed by atoms with van der Waals surface area (Å²) in [6, 6.07) is 8.56. The fourth-order valence-corrected chi connectivity index (χ4v) is 4.34. The zero-order chi connectivity index (χ0) is 12.6. The van der Waals surface area contributed by atoms with Crippen LogP contribution in [0, 0.1) is 20.8 Å². The van der Waals surface area contributed by atoms with Crippen LogP contribution in [0.2, 0.25) is 0 Å². The van der Waals surface area contributed by atoms with E-state index in [1.54, 1.807) is 11.3 Å². The van der Waals surface area contributed by atoms with Crippen molar-refractivity contribution in [3.8, 4) is 0 Å². The minimum Gasteiger partial charge on any atom is -0.143 e. The summed E-state index contributed by atoms with van der Waals surface area (Å²) >= 11 is 11.9. The highest BCUT2D eigenvalue weighted by molar-refractivity contribution is 9.10. The van der Waals surface area contributed by atoms with Crippen molar-refractivity contribution in [3.63, 3.8) is 0 Å². The lowest BCUT2D eigenvalue weighted by atomic mass is 10.0. The standard InChI is InChI=1S/C14H14BrClS/c1-8-4-5-9(2)11(6-8)13(16)14-12(15)7-10(3)17-14/h4-7,13H,1-3H3. The average molecular weight is 330 g/mol. The van der Waals surface area contributed by atoms with Crippen molar-refractivity contribution in [2.24, 2.45) is 0 Å². The van der Waals surface area contributed by atoms with Crippen molar-refractivity contribution in [2.75, 3.05) is 0 Å². The number of rotatable bonds is 2. The first-order valence-corrected chi connectivity index (χ1v) is 7.50. The molecule has 0 N–H and O–H groups in total. The Labute approximate surface area is 120 Å². The van der Waals surface area contributed by atoms with E-state index in [2.05, 4.69) is 61.0 Å². The summed E-state index contributed by atoms with van der Waals surface area (Å²) in [6.45, 7) is 6.31. The SMILES string of the molecule is Cc1ccc(C)c(C(Cl)c2sc(C)cc2Br)c1. The Kier molecular flexibility index (Phi) is 3.96. The highest BCUT2D eigenvalue weighted by Gasteiger charge is 2.18. The second-order valence-corrected chi connectivity index (χ2v) is 6.87. The molecule has 17 heavy (non-hydrogen) atoms. The Bertz CT molecular complexity index is 545. The van der Waals surface area contributed by atoms with Gasteiger partial charge in [-0.15, -0.1) is 22.9 Å². The van der Waals surface area contributed by atoms with Crippen molar-refractivity contribution >= 4 is 38.9 Å². The summed E-state index contributed by atoms with van der Waals surface area (Å²) in [5.74, 6) is 0. The Hall–Kier alpha value is -0.310. The number of hydrogen-bond acceptors (Lipinski definition) is 1. The zero-order valence-corrected chi connectivity index (χ0v) is 13.2. The smallest absolute Gasteiger partial charge is 0.0941 e. The van der Waals surface area contributed by atoms with Gasteiger partial charge in [0, 0.05) is 14.2 Å². The Morgan fingerprint density at radius 3 is 2.47 bits per heavy atom. The van der Waals surface area contributed by atoms with Gasteiger partial charge in [0.25, 0.3) is 0 Å². The normalized spacial score (nSPS) is 12.8. The van der Waals surface area contributed by atoms with Gasteiger partial charge in [-0.1, -0.05) is 23.8 Å². The molecule has 0 saturated heterocycles. The van der Waals surface area contributed by atoms with Gasteiger partial charge in [0.05, 0.1) is 5.38 Å². The fraction of sp³-hybridized carbons (Fsp3) is 0.286. The van der Waals surface area contributed by atoms with E-state index < -0.39 is 0 Å². The van der Waals surface area contributed by atoms with Crippen molar-refractivity contribution in [1.82, 2.24) is 0 Å². The molecule has 0 aliphatic rings. The van der Waals surface area contributed by atoms with Crippen molar-refractivity contribution in [1.29, 1.82) is 0 Å². The van der Waals surface area contributed by atoms with Crippen LogP contribution in [0.1, 0.15) is 31.8 Å². The highest BCUT2D eigenvalue weighted by Crippen LogP contribution is 2.40. The first-order valence-electron chi connectivity index (χ1n) is 5.46. The number of aryl methyl sites for hydroxylation is 3. The second-order valence-electron chi connectivity index (χ2n) is 4.29. The monoisotopic (exact) mass is 328 g/mol. The third-order valence-corrected chi connectivity index (χ3v) is 5.39. The van der Waals surface area contributed by atoms with E-state index in [0.29, 0.717) is 0 Å². The molecule has 0 amide bonds. The Morgan fingerprint density at radius 2 is 1.88 bits per heavy atom. The van der Waals surface area contributed by atoms with E-state index in [1.807, 2.05) is 0 Å². The summed E-state index contributed by atoms with van der Waals surface area (Å²) in [5.41, 5.74) is 3.70. The van der Waals surface area contributed by atoms with Gasteiger partial charge in [0.1, 0.15) is 0 Å². The third kappa shape index (κ3) is 2.75. The van der Waals surface area contributed by atoms with Crippen LogP contribution in [0.15, 0.2) is 28.7 Å². The van der Waals surface area contributed by atoms with Gasteiger partial charge in [-0.05, 0) is 53.9 Å². The first kappa shape index (κ1) is 13.1. The average Bonchev–Trinajstić information content (AvgIpc) is 2.60. The Balaban J connectivity index is 2.46. The molecule has 3 heteroatoms. The summed E-state index contributed by atoms with van der Waals surface area (Å²) in [6.07, 6.45) is 0. The zero-order valence-electron chi connectivity index (χ0n) is 10.1. The lowest BCUT2D eigenvalue weighted by Gasteiger charge is -2.13. The lowest BCUT2D eigenvalue weighted by molar-refractivity contribution is 1.13. The van der Waals surface area contributed by atoms with Crippen LogP contribution in [0.4, 0.5) is 0 Å². The van der Waals surface area contributed by atoms with E-state index in [9.17, 15) is 0 Å². The topological polar surface area (TPSA) is 0 Å². The molecule has 2 rings (SSSR count). The molecule has 90 valence electrons. The summed E-state index contributed by atoms with van der Waals surface area (Å²) in [5, 5.41) is -0.0667. The molecule has 0 fully saturated rings. The molecule has 0 bridgehead atoms. The van der Waals surface area contributed by atoms with Crippen LogP contribution in [0.3, 0.4) is 0 Å². The number of alkyl halides is 1. The van der Waals surface area contributed by atoms with Gasteiger partial charge in [0.15, 0.2) is 0 Å². The quantitative estimate of drug-likeness (QED) is 0.614. The molecule has 0 saturated carbocycles. The van der Waals surface area contributed by atoms with Crippen molar-refractivity contribution in [3.05, 3.63) is 55.2 Å². The molecular formula is C14H14BrClS. The molecule has 0 spiro atoms. The number of benzene rings is 1. The van der Waals surface area contributed by atoms with E-state index in [0.717, 1.165) is 4.47 Å². The molecule has 1 unspecified atom stereocenters. The van der Waals surface area contributed by atoms with Crippen molar-refractivity contribution < 1.29 is 0 Å². The van der Waals surface area contributed by atoms with Crippen LogP contribution in [0.25, 0.3) is 0 Å². The molecule has 0 nitrogen and oxygen atoms in total. The summed E-state index contributed by atoms with van der Waals surface area (Å²) in [7, 11) is 0. The molecule has 0 aliphatic carbocycles. The Morgan fingerprint density at radius 1 is 1.18 bits per heavy atom. The number of thiophene rings is 1. The van der Waals surface area contributed by atoms with Crippen molar-refractivity contribution in [2.45, 2.75) is 26.1 Å².